The summed E-state index contributed by atoms with van der Waals surface area (Å²) in [6, 6.07) is 16.4. The van der Waals surface area contributed by atoms with Crippen molar-refractivity contribution in [3.63, 3.8) is 0 Å². The van der Waals surface area contributed by atoms with Gasteiger partial charge in [0, 0.05) is 29.3 Å². The minimum Gasteiger partial charge on any atom is -0.348 e. The fraction of sp³-hybridized carbons (Fsp3) is 0.200. The minimum absolute atomic E-state index is 0.0651. The molecule has 1 amide bonds. The first-order valence-electron chi connectivity index (χ1n) is 10.4. The van der Waals surface area contributed by atoms with Crippen LogP contribution in [0, 0.1) is 0 Å². The highest BCUT2D eigenvalue weighted by Crippen LogP contribution is 2.36. The van der Waals surface area contributed by atoms with Gasteiger partial charge in [0.05, 0.1) is 11.9 Å². The average molecular weight is 396 g/mol. The summed E-state index contributed by atoms with van der Waals surface area (Å²) < 4.78 is 0. The van der Waals surface area contributed by atoms with Crippen LogP contribution in [0.15, 0.2) is 60.8 Å². The molecule has 0 spiro atoms. The molecule has 0 saturated carbocycles. The Morgan fingerprint density at radius 1 is 1.20 bits per heavy atom. The molecule has 2 aromatic rings. The maximum absolute atomic E-state index is 13.2. The number of amides is 1. The molecule has 0 radical (unpaired) electrons. The van der Waals surface area contributed by atoms with E-state index in [4.69, 9.17) is 5.73 Å². The summed E-state index contributed by atoms with van der Waals surface area (Å²) >= 11 is 0. The van der Waals surface area contributed by atoms with Crippen LogP contribution in [0.5, 0.6) is 0 Å². The summed E-state index contributed by atoms with van der Waals surface area (Å²) in [5.74, 6) is -0.0651. The average Bonchev–Trinajstić information content (AvgIpc) is 3.01. The van der Waals surface area contributed by atoms with Crippen LogP contribution in [0.2, 0.25) is 0 Å². The Balaban J connectivity index is 1.43. The van der Waals surface area contributed by atoms with E-state index in [0.29, 0.717) is 13.0 Å². The summed E-state index contributed by atoms with van der Waals surface area (Å²) in [6.07, 6.45) is 8.40. The zero-order valence-corrected chi connectivity index (χ0v) is 16.7. The first-order chi connectivity index (χ1) is 14.7. The van der Waals surface area contributed by atoms with Crippen LogP contribution < -0.4 is 11.1 Å². The predicted molar refractivity (Wildman–Crippen MR) is 121 cm³/mol. The number of benzene rings is 2. The molecule has 1 heterocycles. The van der Waals surface area contributed by atoms with Gasteiger partial charge in [-0.3, -0.25) is 9.89 Å². The van der Waals surface area contributed by atoms with E-state index in [1.54, 1.807) is 6.20 Å². The fourth-order valence-corrected chi connectivity index (χ4v) is 4.47. The van der Waals surface area contributed by atoms with E-state index >= 15 is 0 Å². The maximum Gasteiger partial charge on any atom is 0.251 e. The van der Waals surface area contributed by atoms with E-state index in [9.17, 15) is 4.79 Å². The van der Waals surface area contributed by atoms with Crippen molar-refractivity contribution in [1.29, 1.82) is 0 Å². The van der Waals surface area contributed by atoms with Crippen molar-refractivity contribution in [3.8, 4) is 11.1 Å². The van der Waals surface area contributed by atoms with E-state index in [1.807, 2.05) is 18.2 Å². The van der Waals surface area contributed by atoms with Gasteiger partial charge in [-0.2, -0.15) is 5.10 Å². The molecule has 5 heteroatoms. The van der Waals surface area contributed by atoms with E-state index in [-0.39, 0.29) is 11.9 Å². The SMILES string of the molecule is NC[C@H](Cc1cccc2ccccc12)NC(=O)c1cc2cn[nH]c3c-2c1CCC=C3. The highest BCUT2D eigenvalue weighted by molar-refractivity contribution is 6.01. The number of hydrogen-bond acceptors (Lipinski definition) is 3. The van der Waals surface area contributed by atoms with Crippen LogP contribution >= 0.6 is 0 Å². The number of nitrogens with two attached hydrogens (primary N) is 1. The van der Waals surface area contributed by atoms with Gasteiger partial charge in [-0.25, -0.2) is 0 Å². The lowest BCUT2D eigenvalue weighted by Crippen LogP contribution is -2.41. The van der Waals surface area contributed by atoms with Gasteiger partial charge < -0.3 is 11.1 Å². The second-order valence-electron chi connectivity index (χ2n) is 7.84. The first-order valence-corrected chi connectivity index (χ1v) is 10.4. The molecule has 150 valence electrons. The summed E-state index contributed by atoms with van der Waals surface area (Å²) in [4.78, 5) is 13.2. The number of nitrogens with zero attached hydrogens (tertiary/aromatic N) is 1. The summed E-state index contributed by atoms with van der Waals surface area (Å²) in [5, 5.41) is 12.8. The van der Waals surface area contributed by atoms with E-state index < -0.39 is 0 Å². The second-order valence-corrected chi connectivity index (χ2v) is 7.84. The minimum atomic E-state index is -0.137. The fourth-order valence-electron chi connectivity index (χ4n) is 4.47. The van der Waals surface area contributed by atoms with Crippen molar-refractivity contribution >= 4 is 22.8 Å². The zero-order chi connectivity index (χ0) is 20.5. The number of hydrogen-bond donors (Lipinski definition) is 3. The van der Waals surface area contributed by atoms with Crippen molar-refractivity contribution in [2.45, 2.75) is 25.3 Å². The molecule has 2 aliphatic carbocycles. The highest BCUT2D eigenvalue weighted by Gasteiger charge is 2.25. The van der Waals surface area contributed by atoms with Crippen LogP contribution in [-0.4, -0.2) is 28.7 Å². The molecule has 0 saturated heterocycles. The Hall–Kier alpha value is -3.44. The predicted octanol–water partition coefficient (Wildman–Crippen LogP) is 3.93. The van der Waals surface area contributed by atoms with Crippen molar-refractivity contribution in [2.24, 2.45) is 5.73 Å². The van der Waals surface area contributed by atoms with Crippen molar-refractivity contribution in [2.75, 3.05) is 6.54 Å². The molecule has 30 heavy (non-hydrogen) atoms. The topological polar surface area (TPSA) is 83.8 Å². The molecular formula is C25H24N4O. The third-order valence-electron chi connectivity index (χ3n) is 5.93. The summed E-state index contributed by atoms with van der Waals surface area (Å²) in [7, 11) is 0. The highest BCUT2D eigenvalue weighted by atomic mass is 16.1. The number of aromatic nitrogens is 2. The monoisotopic (exact) mass is 396 g/mol. The Morgan fingerprint density at radius 2 is 2.07 bits per heavy atom. The Morgan fingerprint density at radius 3 is 2.97 bits per heavy atom. The van der Waals surface area contributed by atoms with Crippen molar-refractivity contribution < 1.29 is 4.79 Å². The third kappa shape index (κ3) is 3.27. The van der Waals surface area contributed by atoms with Gasteiger partial charge in [0.1, 0.15) is 0 Å². The standard InChI is InChI=1S/C25H24N4O/c26-14-19(12-17-8-5-7-16-6-1-2-9-20(16)17)28-25(30)22-13-18-15-27-29-23-11-4-3-10-21(22)24(18)23/h1-2,4-9,11,13,15,19,29H,3,10,12,14,26H2,(H,28,30)/t19-/m0/s1. The normalized spacial score (nSPS) is 14.0. The first kappa shape index (κ1) is 18.6. The summed E-state index contributed by atoms with van der Waals surface area (Å²) in [5.41, 5.74) is 12.1. The van der Waals surface area contributed by atoms with Crippen LogP contribution in [0.1, 0.15) is 33.6 Å². The molecule has 3 aliphatic rings. The molecule has 0 fully saturated rings. The number of H-pyrrole nitrogens is 1. The molecule has 5 nitrogen and oxygen atoms in total. The number of fused-ring (bicyclic) bond motifs is 1. The number of nitrogens with one attached hydrogen (secondary N) is 2. The van der Waals surface area contributed by atoms with E-state index in [0.717, 1.165) is 40.8 Å². The van der Waals surface area contributed by atoms with E-state index in [2.05, 4.69) is 58.0 Å². The van der Waals surface area contributed by atoms with Gasteiger partial charge in [-0.15, -0.1) is 0 Å². The van der Waals surface area contributed by atoms with Crippen LogP contribution in [0.3, 0.4) is 0 Å². The van der Waals surface area contributed by atoms with Gasteiger partial charge >= 0.3 is 0 Å². The number of allylic oxidation sites excluding steroid dienone is 1. The molecule has 0 unspecified atom stereocenters. The molecule has 0 bridgehead atoms. The van der Waals surface area contributed by atoms with Gasteiger partial charge in [-0.1, -0.05) is 48.5 Å². The lowest BCUT2D eigenvalue weighted by Gasteiger charge is -2.18. The van der Waals surface area contributed by atoms with E-state index in [1.165, 1.54) is 16.3 Å². The molecule has 4 N–H and O–H groups in total. The van der Waals surface area contributed by atoms with Gasteiger partial charge in [0.2, 0.25) is 0 Å². The smallest absolute Gasteiger partial charge is 0.251 e. The molecule has 5 rings (SSSR count). The van der Waals surface area contributed by atoms with Crippen LogP contribution in [0.4, 0.5) is 0 Å². The van der Waals surface area contributed by atoms with Crippen molar-refractivity contribution in [1.82, 2.24) is 15.5 Å². The second kappa shape index (κ2) is 7.76. The quantitative estimate of drug-likeness (QED) is 0.478. The molecule has 2 aromatic carbocycles. The zero-order valence-electron chi connectivity index (χ0n) is 16.7. The van der Waals surface area contributed by atoms with Gasteiger partial charge in [0.15, 0.2) is 0 Å². The van der Waals surface area contributed by atoms with Crippen LogP contribution in [0.25, 0.3) is 28.0 Å². The number of carbonyl (C=O) groups is 1. The Bertz CT molecular complexity index is 1220. The lowest BCUT2D eigenvalue weighted by molar-refractivity contribution is 0.0937. The third-order valence-corrected chi connectivity index (χ3v) is 5.93. The molecule has 1 aliphatic heterocycles. The lowest BCUT2D eigenvalue weighted by atomic mass is 9.98. The van der Waals surface area contributed by atoms with Crippen molar-refractivity contribution in [3.05, 3.63) is 83.2 Å². The number of aromatic amines is 1. The maximum atomic E-state index is 13.2. The Kier molecular flexibility index (Phi) is 4.81. The largest absolute Gasteiger partial charge is 0.348 e. The van der Waals surface area contributed by atoms with Crippen LogP contribution in [-0.2, 0) is 12.8 Å². The summed E-state index contributed by atoms with van der Waals surface area (Å²) in [6.45, 7) is 0.382. The Labute approximate surface area is 175 Å². The van der Waals surface area contributed by atoms with Gasteiger partial charge in [0.25, 0.3) is 5.91 Å². The number of rotatable bonds is 5. The molecule has 1 atom stereocenters. The molecule has 0 aromatic heterocycles. The molecular weight excluding hydrogens is 372 g/mol. The van der Waals surface area contributed by atoms with Gasteiger partial charge in [-0.05, 0) is 53.3 Å². The number of carbonyl (C=O) groups excluding carboxylic acids is 1.